The van der Waals surface area contributed by atoms with Gasteiger partial charge >= 0.3 is 5.91 Å². The fourth-order valence-corrected chi connectivity index (χ4v) is 2.82. The summed E-state index contributed by atoms with van der Waals surface area (Å²) in [6.45, 7) is 1.57. The van der Waals surface area contributed by atoms with Gasteiger partial charge in [-0.2, -0.15) is 0 Å². The fraction of sp³-hybridized carbons (Fsp3) is 0.133. The summed E-state index contributed by atoms with van der Waals surface area (Å²) in [5.41, 5.74) is 3.33. The molecule has 0 aromatic heterocycles. The van der Waals surface area contributed by atoms with E-state index < -0.39 is 0 Å². The van der Waals surface area contributed by atoms with E-state index in [-0.39, 0.29) is 18.3 Å². The van der Waals surface area contributed by atoms with Gasteiger partial charge in [-0.15, -0.1) is 0 Å². The molecule has 4 heteroatoms. The van der Waals surface area contributed by atoms with Crippen LogP contribution < -0.4 is 17.3 Å². The average molecular weight is 339 g/mol. The topological polar surface area (TPSA) is 21.5 Å². The van der Waals surface area contributed by atoms with E-state index in [1.165, 1.54) is 11.1 Å². The van der Waals surface area contributed by atoms with Crippen LogP contribution in [0, 0.1) is 0 Å². The van der Waals surface area contributed by atoms with Crippen LogP contribution in [-0.2, 0) is 13.1 Å². The van der Waals surface area contributed by atoms with E-state index >= 15 is 0 Å². The van der Waals surface area contributed by atoms with Gasteiger partial charge in [0.05, 0.1) is 5.56 Å². The average Bonchev–Trinajstić information content (AvgIpc) is 2.81. The third-order valence-corrected chi connectivity index (χ3v) is 3.83. The highest BCUT2D eigenvalue weighted by Crippen LogP contribution is 2.18. The number of carbonyl (C=O) groups excluding carboxylic acids is 1. The van der Waals surface area contributed by atoms with Crippen molar-refractivity contribution in [3.63, 3.8) is 0 Å². The van der Waals surface area contributed by atoms with Crippen LogP contribution in [0.25, 0.3) is 0 Å². The zero-order valence-electron chi connectivity index (χ0n) is 10.2. The number of rotatable bonds is 1. The van der Waals surface area contributed by atoms with Crippen LogP contribution in [-0.4, -0.2) is 5.91 Å². The molecule has 0 saturated carbocycles. The number of quaternary nitrogens is 1. The second-order valence-electron chi connectivity index (χ2n) is 4.57. The van der Waals surface area contributed by atoms with Crippen LogP contribution in [0.1, 0.15) is 21.5 Å². The zero-order valence-corrected chi connectivity index (χ0v) is 12.5. The van der Waals surface area contributed by atoms with Gasteiger partial charge in [0, 0.05) is 15.6 Å². The molecule has 19 heavy (non-hydrogen) atoms. The van der Waals surface area contributed by atoms with Crippen molar-refractivity contribution in [3.05, 3.63) is 69.7 Å². The summed E-state index contributed by atoms with van der Waals surface area (Å²) in [7, 11) is 0. The van der Waals surface area contributed by atoms with Gasteiger partial charge < -0.3 is 12.4 Å². The molecule has 1 N–H and O–H groups in total. The first-order valence-electron chi connectivity index (χ1n) is 5.96. The van der Waals surface area contributed by atoms with Crippen molar-refractivity contribution in [2.24, 2.45) is 0 Å². The van der Waals surface area contributed by atoms with Gasteiger partial charge in [0.15, 0.2) is 0 Å². The molecular formula is C15H13BrClNO. The molecule has 2 aromatic carbocycles. The molecular weight excluding hydrogens is 326 g/mol. The normalized spacial score (nSPS) is 16.6. The van der Waals surface area contributed by atoms with Gasteiger partial charge in [-0.3, -0.25) is 4.90 Å². The number of carbonyl (C=O) groups is 1. The molecule has 1 atom stereocenters. The smallest absolute Gasteiger partial charge is 0.344 e. The van der Waals surface area contributed by atoms with Crippen LogP contribution in [0.5, 0.6) is 0 Å². The van der Waals surface area contributed by atoms with E-state index in [2.05, 4.69) is 28.1 Å². The van der Waals surface area contributed by atoms with Gasteiger partial charge in [-0.05, 0) is 24.3 Å². The molecule has 2 aromatic rings. The van der Waals surface area contributed by atoms with Crippen LogP contribution >= 0.6 is 15.9 Å². The first-order valence-corrected chi connectivity index (χ1v) is 6.75. The monoisotopic (exact) mass is 337 g/mol. The Hall–Kier alpha value is -1.16. The summed E-state index contributed by atoms with van der Waals surface area (Å²) in [5, 5.41) is 0. The lowest BCUT2D eigenvalue weighted by Gasteiger charge is -2.08. The van der Waals surface area contributed by atoms with Crippen molar-refractivity contribution in [1.29, 1.82) is 0 Å². The number of hydrogen-bond donors (Lipinski definition) is 1. The Morgan fingerprint density at radius 2 is 1.68 bits per heavy atom. The largest absolute Gasteiger partial charge is 1.00 e. The summed E-state index contributed by atoms with van der Waals surface area (Å²) in [6, 6.07) is 15.8. The molecule has 3 rings (SSSR count). The van der Waals surface area contributed by atoms with Crippen LogP contribution in [0.3, 0.4) is 0 Å². The van der Waals surface area contributed by atoms with Crippen LogP contribution in [0.2, 0.25) is 0 Å². The summed E-state index contributed by atoms with van der Waals surface area (Å²) < 4.78 is 1.08. The molecule has 0 bridgehead atoms. The molecule has 1 aliphatic heterocycles. The maximum Gasteiger partial charge on any atom is 0.344 e. The maximum absolute atomic E-state index is 12.4. The number of benzene rings is 2. The van der Waals surface area contributed by atoms with Crippen molar-refractivity contribution in [3.8, 4) is 0 Å². The number of fused-ring (bicyclic) bond motifs is 1. The quantitative estimate of drug-likeness (QED) is 0.722. The lowest BCUT2D eigenvalue weighted by molar-refractivity contribution is -0.835. The van der Waals surface area contributed by atoms with Crippen LogP contribution in [0.15, 0.2) is 53.0 Å². The Morgan fingerprint density at radius 3 is 2.42 bits per heavy atom. The molecule has 1 heterocycles. The van der Waals surface area contributed by atoms with E-state index in [1.807, 2.05) is 36.4 Å². The van der Waals surface area contributed by atoms with Crippen molar-refractivity contribution >= 4 is 21.8 Å². The molecule has 0 spiro atoms. The molecule has 98 valence electrons. The Bertz CT molecular complexity index is 600. The first-order chi connectivity index (χ1) is 8.74. The highest BCUT2D eigenvalue weighted by Gasteiger charge is 2.29. The first kappa shape index (κ1) is 14.3. The lowest BCUT2D eigenvalue weighted by Crippen LogP contribution is -3.10. The minimum Gasteiger partial charge on any atom is -1.00 e. The molecule has 0 radical (unpaired) electrons. The van der Waals surface area contributed by atoms with Crippen molar-refractivity contribution in [2.75, 3.05) is 0 Å². The SMILES string of the molecule is O=C(c1ccccc1)[NH+]1Cc2ccc(Br)cc2C1.[Cl-]. The number of hydrogen-bond acceptors (Lipinski definition) is 1. The second-order valence-corrected chi connectivity index (χ2v) is 5.48. The Balaban J connectivity index is 0.00000133. The molecule has 1 unspecified atom stereocenters. The molecule has 0 aliphatic carbocycles. The highest BCUT2D eigenvalue weighted by atomic mass is 79.9. The van der Waals surface area contributed by atoms with Crippen LogP contribution in [0.4, 0.5) is 0 Å². The summed E-state index contributed by atoms with van der Waals surface area (Å²) in [4.78, 5) is 13.3. The van der Waals surface area contributed by atoms with Crippen molar-refractivity contribution in [2.45, 2.75) is 13.1 Å². The molecule has 1 amide bonds. The second kappa shape index (κ2) is 5.87. The van der Waals surface area contributed by atoms with Gasteiger partial charge in [-0.1, -0.05) is 40.2 Å². The Labute approximate surface area is 127 Å². The van der Waals surface area contributed by atoms with E-state index in [4.69, 9.17) is 0 Å². The number of amides is 1. The van der Waals surface area contributed by atoms with Crippen molar-refractivity contribution in [1.82, 2.24) is 0 Å². The van der Waals surface area contributed by atoms with Gasteiger partial charge in [0.1, 0.15) is 13.1 Å². The van der Waals surface area contributed by atoms with Crippen molar-refractivity contribution < 1.29 is 22.1 Å². The number of nitrogens with one attached hydrogen (secondary N) is 1. The molecule has 1 aliphatic rings. The predicted octanol–water partition coefficient (Wildman–Crippen LogP) is -0.808. The van der Waals surface area contributed by atoms with Gasteiger partial charge in [-0.25, -0.2) is 4.79 Å². The van der Waals surface area contributed by atoms with E-state index in [1.54, 1.807) is 0 Å². The minimum atomic E-state index is 0. The molecule has 2 nitrogen and oxygen atoms in total. The maximum atomic E-state index is 12.4. The van der Waals surface area contributed by atoms with Gasteiger partial charge in [0.25, 0.3) is 0 Å². The standard InChI is InChI=1S/C15H12BrNO.ClH/c16-14-7-6-12-9-17(10-13(12)8-14)15(18)11-4-2-1-3-5-11;/h1-8H,9-10H2;1H. The van der Waals surface area contributed by atoms with E-state index in [0.29, 0.717) is 0 Å². The predicted molar refractivity (Wildman–Crippen MR) is 73.3 cm³/mol. The van der Waals surface area contributed by atoms with Gasteiger partial charge in [0.2, 0.25) is 0 Å². The summed E-state index contributed by atoms with van der Waals surface area (Å²) in [6.07, 6.45) is 0. The fourth-order valence-electron chi connectivity index (χ4n) is 2.41. The minimum absolute atomic E-state index is 0. The lowest BCUT2D eigenvalue weighted by atomic mass is 10.1. The number of halogens is 2. The third-order valence-electron chi connectivity index (χ3n) is 3.33. The highest BCUT2D eigenvalue weighted by molar-refractivity contribution is 9.10. The van der Waals surface area contributed by atoms with E-state index in [0.717, 1.165) is 28.0 Å². The summed E-state index contributed by atoms with van der Waals surface area (Å²) in [5.74, 6) is 0.183. The Morgan fingerprint density at radius 1 is 1.00 bits per heavy atom. The van der Waals surface area contributed by atoms with E-state index in [9.17, 15) is 4.79 Å². The molecule has 0 fully saturated rings. The summed E-state index contributed by atoms with van der Waals surface area (Å²) >= 11 is 3.47. The Kier molecular flexibility index (Phi) is 4.40. The third kappa shape index (κ3) is 2.89. The zero-order chi connectivity index (χ0) is 12.5. The molecule has 0 saturated heterocycles.